The van der Waals surface area contributed by atoms with Gasteiger partial charge >= 0.3 is 6.03 Å². The molecule has 0 N–H and O–H groups in total. The lowest BCUT2D eigenvalue weighted by Gasteiger charge is -2.33. The van der Waals surface area contributed by atoms with Crippen molar-refractivity contribution in [3.8, 4) is 11.8 Å². The number of nitrogens with zero attached hydrogens (tertiary/aromatic N) is 5. The highest BCUT2D eigenvalue weighted by atomic mass is 19.1. The summed E-state index contributed by atoms with van der Waals surface area (Å²) in [6.07, 6.45) is 1.42. The quantitative estimate of drug-likeness (QED) is 0.697. The van der Waals surface area contributed by atoms with Crippen LogP contribution in [0.15, 0.2) is 36.4 Å². The molecule has 2 aliphatic heterocycles. The molecule has 1 aromatic heterocycles. The van der Waals surface area contributed by atoms with E-state index in [1.54, 1.807) is 34.1 Å². The van der Waals surface area contributed by atoms with Crippen LogP contribution in [0.1, 0.15) is 12.8 Å². The Morgan fingerprint density at radius 2 is 1.84 bits per heavy atom. The predicted molar refractivity (Wildman–Crippen MR) is 110 cm³/mol. The molecule has 1 aromatic carbocycles. The molecule has 10 heteroatoms. The highest BCUT2D eigenvalue weighted by Crippen LogP contribution is 2.22. The number of carbonyl (C=O) groups excluding carboxylic acids is 2. The van der Waals surface area contributed by atoms with Gasteiger partial charge in [0.15, 0.2) is 0 Å². The van der Waals surface area contributed by atoms with Gasteiger partial charge in [0, 0.05) is 37.5 Å². The molecule has 3 amide bonds. The molecule has 2 aliphatic rings. The largest absolute Gasteiger partial charge is 0.480 e. The second kappa shape index (κ2) is 9.15. The van der Waals surface area contributed by atoms with E-state index in [1.807, 2.05) is 0 Å². The van der Waals surface area contributed by atoms with Crippen LogP contribution in [0.5, 0.6) is 11.8 Å². The van der Waals surface area contributed by atoms with E-state index < -0.39 is 0 Å². The van der Waals surface area contributed by atoms with Crippen LogP contribution in [-0.2, 0) is 4.79 Å². The summed E-state index contributed by atoms with van der Waals surface area (Å²) >= 11 is 0. The van der Waals surface area contributed by atoms with Crippen LogP contribution in [-0.4, -0.2) is 77.9 Å². The van der Waals surface area contributed by atoms with Crippen LogP contribution in [0.3, 0.4) is 0 Å². The van der Waals surface area contributed by atoms with Crippen LogP contribution < -0.4 is 14.4 Å². The third-order valence-electron chi connectivity index (χ3n) is 5.40. The number of anilines is 1. The van der Waals surface area contributed by atoms with Crippen molar-refractivity contribution in [2.45, 2.75) is 18.9 Å². The molecule has 1 unspecified atom stereocenters. The second-order valence-corrected chi connectivity index (χ2v) is 7.47. The van der Waals surface area contributed by atoms with Crippen molar-refractivity contribution in [3.05, 3.63) is 42.2 Å². The van der Waals surface area contributed by atoms with Crippen molar-refractivity contribution in [1.29, 1.82) is 0 Å². The minimum Gasteiger partial charge on any atom is -0.480 e. The van der Waals surface area contributed by atoms with Gasteiger partial charge in [0.2, 0.25) is 17.7 Å². The van der Waals surface area contributed by atoms with Crippen molar-refractivity contribution in [2.75, 3.05) is 44.7 Å². The number of amides is 3. The lowest BCUT2D eigenvalue weighted by atomic mass is 10.1. The zero-order chi connectivity index (χ0) is 21.8. The molecular formula is C21H24FN5O4. The topological polar surface area (TPSA) is 88.1 Å². The molecule has 9 nitrogen and oxygen atoms in total. The minimum atomic E-state index is -0.357. The Bertz CT molecular complexity index is 924. The van der Waals surface area contributed by atoms with Crippen molar-refractivity contribution in [1.82, 2.24) is 20.0 Å². The summed E-state index contributed by atoms with van der Waals surface area (Å²) in [6, 6.07) is 8.85. The normalized spacial score (nSPS) is 19.0. The fourth-order valence-corrected chi connectivity index (χ4v) is 3.76. The Hall–Kier alpha value is -3.43. The SMILES string of the molecule is COc1ccc(OC2CCCN(C(=O)CN3CCN(c4ccc(F)cc4)C3=O)C2)nn1. The third-order valence-corrected chi connectivity index (χ3v) is 5.40. The molecule has 0 radical (unpaired) electrons. The number of aromatic nitrogens is 2. The highest BCUT2D eigenvalue weighted by Gasteiger charge is 2.33. The number of hydrogen-bond donors (Lipinski definition) is 0. The van der Waals surface area contributed by atoms with Crippen molar-refractivity contribution < 1.29 is 23.5 Å². The van der Waals surface area contributed by atoms with Gasteiger partial charge in [-0.1, -0.05) is 0 Å². The van der Waals surface area contributed by atoms with E-state index in [0.717, 1.165) is 12.8 Å². The molecule has 3 heterocycles. The van der Waals surface area contributed by atoms with Crippen molar-refractivity contribution in [2.24, 2.45) is 0 Å². The maximum atomic E-state index is 13.1. The summed E-state index contributed by atoms with van der Waals surface area (Å²) in [6.45, 7) is 1.95. The van der Waals surface area contributed by atoms with Crippen LogP contribution >= 0.6 is 0 Å². The number of halogens is 1. The summed E-state index contributed by atoms with van der Waals surface area (Å²) in [5.74, 6) is 0.302. The maximum Gasteiger partial charge on any atom is 0.325 e. The molecule has 0 aliphatic carbocycles. The minimum absolute atomic E-state index is 0.00555. The fourth-order valence-electron chi connectivity index (χ4n) is 3.76. The molecule has 0 spiro atoms. The zero-order valence-corrected chi connectivity index (χ0v) is 17.2. The molecule has 31 heavy (non-hydrogen) atoms. The Morgan fingerprint density at radius 3 is 2.55 bits per heavy atom. The monoisotopic (exact) mass is 429 g/mol. The summed E-state index contributed by atoms with van der Waals surface area (Å²) < 4.78 is 24.0. The summed E-state index contributed by atoms with van der Waals surface area (Å²) in [4.78, 5) is 30.3. The van der Waals surface area contributed by atoms with Gasteiger partial charge in [-0.3, -0.25) is 9.69 Å². The van der Waals surface area contributed by atoms with Gasteiger partial charge in [-0.15, -0.1) is 10.2 Å². The van der Waals surface area contributed by atoms with E-state index >= 15 is 0 Å². The Morgan fingerprint density at radius 1 is 1.10 bits per heavy atom. The average molecular weight is 429 g/mol. The summed E-state index contributed by atoms with van der Waals surface area (Å²) in [5, 5.41) is 7.85. The van der Waals surface area contributed by atoms with Gasteiger partial charge in [-0.05, 0) is 37.1 Å². The number of likely N-dealkylation sites (tertiary alicyclic amines) is 1. The first-order valence-electron chi connectivity index (χ1n) is 10.2. The fraction of sp³-hybridized carbons (Fsp3) is 0.429. The van der Waals surface area contributed by atoms with Gasteiger partial charge < -0.3 is 19.3 Å². The van der Waals surface area contributed by atoms with Crippen LogP contribution in [0.25, 0.3) is 0 Å². The number of hydrogen-bond acceptors (Lipinski definition) is 6. The average Bonchev–Trinajstić information content (AvgIpc) is 3.15. The second-order valence-electron chi connectivity index (χ2n) is 7.47. The maximum absolute atomic E-state index is 13.1. The molecule has 2 saturated heterocycles. The van der Waals surface area contributed by atoms with Gasteiger partial charge in [0.05, 0.1) is 13.7 Å². The number of rotatable bonds is 6. The van der Waals surface area contributed by atoms with E-state index in [2.05, 4.69) is 10.2 Å². The smallest absolute Gasteiger partial charge is 0.325 e. The van der Waals surface area contributed by atoms with Gasteiger partial charge in [-0.2, -0.15) is 0 Å². The standard InChI is InChI=1S/C21H24FN5O4/c1-30-18-8-9-19(24-23-18)31-17-3-2-10-25(13-17)20(28)14-26-11-12-27(21(26)29)16-6-4-15(22)5-7-16/h4-9,17H,2-3,10-14H2,1H3. The van der Waals surface area contributed by atoms with E-state index in [0.29, 0.717) is 43.6 Å². The first-order valence-corrected chi connectivity index (χ1v) is 10.2. The summed E-state index contributed by atoms with van der Waals surface area (Å²) in [5.41, 5.74) is 0.619. The zero-order valence-electron chi connectivity index (χ0n) is 17.2. The van der Waals surface area contributed by atoms with E-state index in [4.69, 9.17) is 9.47 Å². The van der Waals surface area contributed by atoms with Crippen LogP contribution in [0.2, 0.25) is 0 Å². The van der Waals surface area contributed by atoms with Gasteiger partial charge in [0.25, 0.3) is 0 Å². The first kappa shape index (κ1) is 20.8. The lowest BCUT2D eigenvalue weighted by molar-refractivity contribution is -0.134. The Balaban J connectivity index is 1.31. The van der Waals surface area contributed by atoms with E-state index in [-0.39, 0.29) is 30.4 Å². The van der Waals surface area contributed by atoms with Crippen LogP contribution in [0, 0.1) is 5.82 Å². The predicted octanol–water partition coefficient (Wildman–Crippen LogP) is 1.94. The molecular weight excluding hydrogens is 405 g/mol. The number of carbonyl (C=O) groups is 2. The molecule has 2 fully saturated rings. The third kappa shape index (κ3) is 4.84. The number of methoxy groups -OCH3 is 1. The number of ether oxygens (including phenoxy) is 2. The summed E-state index contributed by atoms with van der Waals surface area (Å²) in [7, 11) is 1.51. The lowest BCUT2D eigenvalue weighted by Crippen LogP contribution is -2.48. The Kier molecular flexibility index (Phi) is 6.15. The highest BCUT2D eigenvalue weighted by molar-refractivity contribution is 5.96. The molecule has 164 valence electrons. The van der Waals surface area contributed by atoms with E-state index in [1.165, 1.54) is 24.1 Å². The first-order chi connectivity index (χ1) is 15.0. The number of piperidine rings is 1. The van der Waals surface area contributed by atoms with E-state index in [9.17, 15) is 14.0 Å². The van der Waals surface area contributed by atoms with Crippen molar-refractivity contribution >= 4 is 17.6 Å². The molecule has 2 aromatic rings. The molecule has 0 bridgehead atoms. The number of benzene rings is 1. The van der Waals surface area contributed by atoms with Gasteiger partial charge in [0.1, 0.15) is 18.5 Å². The Labute approximate surface area is 179 Å². The van der Waals surface area contributed by atoms with Crippen molar-refractivity contribution in [3.63, 3.8) is 0 Å². The number of urea groups is 1. The van der Waals surface area contributed by atoms with Crippen LogP contribution in [0.4, 0.5) is 14.9 Å². The molecule has 4 rings (SSSR count). The molecule has 0 saturated carbocycles. The molecule has 1 atom stereocenters. The van der Waals surface area contributed by atoms with Gasteiger partial charge in [-0.25, -0.2) is 9.18 Å².